The highest BCUT2D eigenvalue weighted by Gasteiger charge is 2.31. The van der Waals surface area contributed by atoms with E-state index in [-0.39, 0.29) is 17.9 Å². The molecular formula is C16H28N4O2S. The Morgan fingerprint density at radius 3 is 3.00 bits per heavy atom. The predicted octanol–water partition coefficient (Wildman–Crippen LogP) is 2.30. The maximum Gasteiger partial charge on any atom is 0.240 e. The summed E-state index contributed by atoms with van der Waals surface area (Å²) in [5.41, 5.74) is -0.0896. The lowest BCUT2D eigenvalue weighted by molar-refractivity contribution is -0.118. The quantitative estimate of drug-likeness (QED) is 0.710. The molecule has 1 unspecified atom stereocenters. The summed E-state index contributed by atoms with van der Waals surface area (Å²) in [6.45, 7) is 6.43. The average molecular weight is 340 g/mol. The van der Waals surface area contributed by atoms with E-state index < -0.39 is 0 Å². The van der Waals surface area contributed by atoms with Crippen molar-refractivity contribution in [3.05, 3.63) is 5.01 Å². The van der Waals surface area contributed by atoms with Crippen molar-refractivity contribution in [2.45, 2.75) is 52.4 Å². The van der Waals surface area contributed by atoms with Crippen LogP contribution >= 0.6 is 11.3 Å². The Labute approximate surface area is 142 Å². The van der Waals surface area contributed by atoms with Gasteiger partial charge in [-0.3, -0.25) is 15.0 Å². The lowest BCUT2D eigenvalue weighted by Crippen LogP contribution is -2.46. The number of nitrogens with one attached hydrogen (secondary N) is 1. The summed E-state index contributed by atoms with van der Waals surface area (Å²) in [6, 6.07) is 0. The molecule has 0 spiro atoms. The van der Waals surface area contributed by atoms with Gasteiger partial charge in [0, 0.05) is 25.0 Å². The molecule has 2 N–H and O–H groups in total. The number of hydrogen-bond acceptors (Lipinski definition) is 6. The summed E-state index contributed by atoms with van der Waals surface area (Å²) in [4.78, 5) is 14.3. The molecule has 2 rings (SSSR count). The minimum atomic E-state index is -0.0896. The maximum absolute atomic E-state index is 12.2. The summed E-state index contributed by atoms with van der Waals surface area (Å²) in [5.74, 6) is -0.0524. The molecule has 1 saturated heterocycles. The minimum absolute atomic E-state index is 0.0524. The van der Waals surface area contributed by atoms with E-state index in [1.165, 1.54) is 24.2 Å². The molecule has 0 aliphatic carbocycles. The number of rotatable bonds is 8. The monoisotopic (exact) mass is 340 g/mol. The Balaban J connectivity index is 1.78. The van der Waals surface area contributed by atoms with E-state index in [0.717, 1.165) is 43.8 Å². The number of piperidine rings is 1. The molecule has 2 heterocycles. The van der Waals surface area contributed by atoms with Gasteiger partial charge in [-0.15, -0.1) is 10.2 Å². The van der Waals surface area contributed by atoms with Crippen molar-refractivity contribution in [1.29, 1.82) is 0 Å². The topological polar surface area (TPSA) is 78.4 Å². The number of carbonyl (C=O) groups excluding carboxylic acids is 1. The Hall–Kier alpha value is -1.05. The highest BCUT2D eigenvalue weighted by Crippen LogP contribution is 2.28. The Morgan fingerprint density at radius 1 is 1.43 bits per heavy atom. The molecule has 6 nitrogen and oxygen atoms in total. The summed E-state index contributed by atoms with van der Waals surface area (Å²) in [5, 5.41) is 22.1. The van der Waals surface area contributed by atoms with E-state index in [2.05, 4.69) is 34.3 Å². The first-order valence-corrected chi connectivity index (χ1v) is 9.32. The zero-order valence-electron chi connectivity index (χ0n) is 14.2. The van der Waals surface area contributed by atoms with Gasteiger partial charge >= 0.3 is 0 Å². The largest absolute Gasteiger partial charge is 0.396 e. The van der Waals surface area contributed by atoms with Crippen LogP contribution in [0, 0.1) is 5.41 Å². The molecule has 1 aliphatic rings. The van der Waals surface area contributed by atoms with Crippen LogP contribution in [0.1, 0.15) is 51.0 Å². The second-order valence-electron chi connectivity index (χ2n) is 6.79. The van der Waals surface area contributed by atoms with Crippen LogP contribution in [-0.4, -0.2) is 52.4 Å². The average Bonchev–Trinajstić information content (AvgIpc) is 2.95. The molecule has 0 saturated carbocycles. The van der Waals surface area contributed by atoms with Crippen molar-refractivity contribution in [3.63, 3.8) is 0 Å². The lowest BCUT2D eigenvalue weighted by Gasteiger charge is -2.38. The smallest absolute Gasteiger partial charge is 0.240 e. The van der Waals surface area contributed by atoms with E-state index in [0.29, 0.717) is 11.7 Å². The van der Waals surface area contributed by atoms with Crippen molar-refractivity contribution < 1.29 is 9.90 Å². The second-order valence-corrected chi connectivity index (χ2v) is 7.85. The van der Waals surface area contributed by atoms with Gasteiger partial charge in [-0.25, -0.2) is 0 Å². The first-order chi connectivity index (χ1) is 11.0. The fraction of sp³-hybridized carbons (Fsp3) is 0.812. The lowest BCUT2D eigenvalue weighted by atomic mass is 9.83. The van der Waals surface area contributed by atoms with Gasteiger partial charge in [0.25, 0.3) is 0 Å². The Morgan fingerprint density at radius 2 is 2.26 bits per heavy atom. The number of amides is 1. The van der Waals surface area contributed by atoms with Gasteiger partial charge < -0.3 is 5.11 Å². The van der Waals surface area contributed by atoms with Crippen LogP contribution in [0.25, 0.3) is 0 Å². The number of aryl methyl sites for hydroxylation is 1. The molecule has 0 radical (unpaired) electrons. The molecule has 1 aromatic rings. The normalized spacial score (nSPS) is 22.2. The highest BCUT2D eigenvalue weighted by atomic mass is 32.1. The van der Waals surface area contributed by atoms with Gasteiger partial charge in [0.15, 0.2) is 0 Å². The number of aromatic nitrogens is 2. The molecule has 0 aromatic carbocycles. The van der Waals surface area contributed by atoms with Crippen molar-refractivity contribution in [3.8, 4) is 0 Å². The maximum atomic E-state index is 12.2. The van der Waals surface area contributed by atoms with Crippen LogP contribution < -0.4 is 5.32 Å². The van der Waals surface area contributed by atoms with E-state index in [9.17, 15) is 9.90 Å². The van der Waals surface area contributed by atoms with Crippen molar-refractivity contribution in [2.24, 2.45) is 5.41 Å². The number of nitrogens with zero attached hydrogens (tertiary/aromatic N) is 3. The number of anilines is 1. The van der Waals surface area contributed by atoms with Crippen LogP contribution in [0.4, 0.5) is 5.13 Å². The van der Waals surface area contributed by atoms with Crippen LogP contribution in [-0.2, 0) is 11.2 Å². The van der Waals surface area contributed by atoms with Crippen LogP contribution in [0.15, 0.2) is 0 Å². The van der Waals surface area contributed by atoms with Crippen molar-refractivity contribution >= 4 is 22.4 Å². The molecule has 0 bridgehead atoms. The standard InChI is InChI=1S/C16H28N4O2S/c1-3-4-5-7-14-18-19-15(23-14)17-13(22)10-20-9-6-8-16(2,11-20)12-21/h21H,3-12H2,1-2H3,(H,17,19,22). The fourth-order valence-electron chi connectivity index (χ4n) is 2.98. The summed E-state index contributed by atoms with van der Waals surface area (Å²) in [7, 11) is 0. The fourth-order valence-corrected chi connectivity index (χ4v) is 3.78. The number of carbonyl (C=O) groups is 1. The zero-order chi connectivity index (χ0) is 16.7. The van der Waals surface area contributed by atoms with Gasteiger partial charge in [-0.2, -0.15) is 0 Å². The van der Waals surface area contributed by atoms with Gasteiger partial charge in [-0.1, -0.05) is 38.0 Å². The van der Waals surface area contributed by atoms with Crippen LogP contribution in [0.5, 0.6) is 0 Å². The van der Waals surface area contributed by atoms with Gasteiger partial charge in [0.05, 0.1) is 6.54 Å². The molecule has 1 atom stereocenters. The Bertz CT molecular complexity index is 508. The minimum Gasteiger partial charge on any atom is -0.396 e. The number of unbranched alkanes of at least 4 members (excludes halogenated alkanes) is 2. The molecule has 1 fully saturated rings. The van der Waals surface area contributed by atoms with E-state index in [1.54, 1.807) is 0 Å². The second kappa shape index (κ2) is 8.70. The zero-order valence-corrected chi connectivity index (χ0v) is 15.0. The molecule has 1 amide bonds. The first-order valence-electron chi connectivity index (χ1n) is 8.50. The van der Waals surface area contributed by atoms with Crippen molar-refractivity contribution in [2.75, 3.05) is 31.6 Å². The third-order valence-corrected chi connectivity index (χ3v) is 5.21. The predicted molar refractivity (Wildman–Crippen MR) is 92.6 cm³/mol. The van der Waals surface area contributed by atoms with Crippen LogP contribution in [0.3, 0.4) is 0 Å². The number of likely N-dealkylation sites (tertiary alicyclic amines) is 1. The third-order valence-electron chi connectivity index (χ3n) is 4.32. The number of aliphatic hydroxyl groups excluding tert-OH is 1. The van der Waals surface area contributed by atoms with E-state index in [1.807, 2.05) is 0 Å². The molecule has 1 aromatic heterocycles. The van der Waals surface area contributed by atoms with Gasteiger partial charge in [0.2, 0.25) is 11.0 Å². The van der Waals surface area contributed by atoms with E-state index >= 15 is 0 Å². The Kier molecular flexibility index (Phi) is 6.92. The number of hydrogen-bond donors (Lipinski definition) is 2. The summed E-state index contributed by atoms with van der Waals surface area (Å²) in [6.07, 6.45) is 6.46. The number of aliphatic hydroxyl groups is 1. The summed E-state index contributed by atoms with van der Waals surface area (Å²) < 4.78 is 0. The third kappa shape index (κ3) is 5.82. The molecule has 1 aliphatic heterocycles. The van der Waals surface area contributed by atoms with E-state index in [4.69, 9.17) is 0 Å². The SMILES string of the molecule is CCCCCc1nnc(NC(=O)CN2CCCC(C)(CO)C2)s1. The van der Waals surface area contributed by atoms with Gasteiger partial charge in [0.1, 0.15) is 5.01 Å². The first kappa shape index (κ1) is 18.3. The summed E-state index contributed by atoms with van der Waals surface area (Å²) >= 11 is 1.47. The molecule has 7 heteroatoms. The van der Waals surface area contributed by atoms with Crippen molar-refractivity contribution in [1.82, 2.24) is 15.1 Å². The molecule has 23 heavy (non-hydrogen) atoms. The van der Waals surface area contributed by atoms with Gasteiger partial charge in [-0.05, 0) is 25.8 Å². The molecule has 130 valence electrons. The van der Waals surface area contributed by atoms with Crippen LogP contribution in [0.2, 0.25) is 0 Å². The highest BCUT2D eigenvalue weighted by molar-refractivity contribution is 7.15. The molecular weight excluding hydrogens is 312 g/mol.